The van der Waals surface area contributed by atoms with Gasteiger partial charge in [0.15, 0.2) is 0 Å². The van der Waals surface area contributed by atoms with Gasteiger partial charge in [0.2, 0.25) is 11.8 Å². The third kappa shape index (κ3) is 5.29. The Morgan fingerprint density at radius 3 is 2.61 bits per heavy atom. The highest BCUT2D eigenvalue weighted by molar-refractivity contribution is 5.85. The number of carbonyl (C=O) groups is 2. The number of amides is 2. The monoisotopic (exact) mass is 387 g/mol. The number of rotatable bonds is 5. The zero-order valence-corrected chi connectivity index (χ0v) is 17.1. The number of hydrogen-bond donors (Lipinski definition) is 2. The van der Waals surface area contributed by atoms with Gasteiger partial charge in [-0.2, -0.15) is 0 Å². The van der Waals surface area contributed by atoms with Crippen molar-refractivity contribution in [3.63, 3.8) is 0 Å². The standard InChI is InChI=1S/C21H33N5O2/c1-21(2,22)20(28)25-12-8-18(9-13-25)26-11-5-6-16(15-26)19(27)24-14-17-7-3-4-10-23-17/h3-4,7,10,16,18H,5-6,8-9,11-15,22H2,1-2H3,(H,24,27). The molecule has 0 spiro atoms. The molecule has 1 aromatic rings. The maximum Gasteiger partial charge on any atom is 0.242 e. The summed E-state index contributed by atoms with van der Waals surface area (Å²) in [5.74, 6) is 0.171. The summed E-state index contributed by atoms with van der Waals surface area (Å²) in [6.07, 6.45) is 5.61. The van der Waals surface area contributed by atoms with Crippen molar-refractivity contribution in [1.29, 1.82) is 0 Å². The zero-order chi connectivity index (χ0) is 20.1. The Kier molecular flexibility index (Phi) is 6.67. The lowest BCUT2D eigenvalue weighted by Gasteiger charge is -2.43. The molecule has 7 heteroatoms. The average molecular weight is 388 g/mol. The fourth-order valence-electron chi connectivity index (χ4n) is 4.22. The Morgan fingerprint density at radius 1 is 1.21 bits per heavy atom. The maximum absolute atomic E-state index is 12.6. The molecule has 0 saturated carbocycles. The van der Waals surface area contributed by atoms with Gasteiger partial charge in [-0.1, -0.05) is 6.07 Å². The van der Waals surface area contributed by atoms with Crippen molar-refractivity contribution in [2.45, 2.75) is 57.7 Å². The molecule has 0 bridgehead atoms. The number of likely N-dealkylation sites (tertiary alicyclic amines) is 2. The molecule has 154 valence electrons. The van der Waals surface area contributed by atoms with Crippen LogP contribution in [0.4, 0.5) is 0 Å². The van der Waals surface area contributed by atoms with E-state index in [0.29, 0.717) is 12.6 Å². The lowest BCUT2D eigenvalue weighted by Crippen LogP contribution is -2.56. The predicted octanol–water partition coefficient (Wildman–Crippen LogP) is 1.14. The maximum atomic E-state index is 12.6. The molecule has 1 unspecified atom stereocenters. The van der Waals surface area contributed by atoms with Gasteiger partial charge in [-0.25, -0.2) is 0 Å². The van der Waals surface area contributed by atoms with Gasteiger partial charge in [0.1, 0.15) is 0 Å². The van der Waals surface area contributed by atoms with Crippen molar-refractivity contribution in [2.75, 3.05) is 26.2 Å². The second kappa shape index (κ2) is 9.01. The fourth-order valence-corrected chi connectivity index (χ4v) is 4.22. The Bertz CT molecular complexity index is 665. The predicted molar refractivity (Wildman–Crippen MR) is 108 cm³/mol. The van der Waals surface area contributed by atoms with Gasteiger partial charge in [-0.05, 0) is 58.2 Å². The number of nitrogens with two attached hydrogens (primary N) is 1. The zero-order valence-electron chi connectivity index (χ0n) is 17.1. The summed E-state index contributed by atoms with van der Waals surface area (Å²) >= 11 is 0. The van der Waals surface area contributed by atoms with Crippen LogP contribution in [0, 0.1) is 5.92 Å². The number of piperidine rings is 2. The molecule has 3 rings (SSSR count). The highest BCUT2D eigenvalue weighted by Crippen LogP contribution is 2.25. The molecule has 0 radical (unpaired) electrons. The molecule has 2 amide bonds. The number of carbonyl (C=O) groups excluding carboxylic acids is 2. The number of aromatic nitrogens is 1. The first-order valence-electron chi connectivity index (χ1n) is 10.3. The first-order valence-corrected chi connectivity index (χ1v) is 10.3. The molecule has 2 saturated heterocycles. The van der Waals surface area contributed by atoms with Crippen LogP contribution in [0.1, 0.15) is 45.2 Å². The molecule has 2 aliphatic heterocycles. The van der Waals surface area contributed by atoms with Crippen LogP contribution in [0.3, 0.4) is 0 Å². The fraction of sp³-hybridized carbons (Fsp3) is 0.667. The lowest BCUT2D eigenvalue weighted by atomic mass is 9.92. The van der Waals surface area contributed by atoms with Crippen LogP contribution in [0.15, 0.2) is 24.4 Å². The molecule has 2 fully saturated rings. The van der Waals surface area contributed by atoms with E-state index in [0.717, 1.165) is 57.6 Å². The Hall–Kier alpha value is -1.99. The van der Waals surface area contributed by atoms with Crippen molar-refractivity contribution in [3.8, 4) is 0 Å². The van der Waals surface area contributed by atoms with Crippen LogP contribution >= 0.6 is 0 Å². The van der Waals surface area contributed by atoms with E-state index < -0.39 is 5.54 Å². The van der Waals surface area contributed by atoms with Crippen molar-refractivity contribution in [1.82, 2.24) is 20.1 Å². The van der Waals surface area contributed by atoms with Gasteiger partial charge in [-0.15, -0.1) is 0 Å². The van der Waals surface area contributed by atoms with E-state index in [-0.39, 0.29) is 17.7 Å². The molecular weight excluding hydrogens is 354 g/mol. The van der Waals surface area contributed by atoms with Crippen molar-refractivity contribution in [2.24, 2.45) is 11.7 Å². The molecule has 2 aliphatic rings. The number of hydrogen-bond acceptors (Lipinski definition) is 5. The minimum absolute atomic E-state index is 0.0244. The number of nitrogens with one attached hydrogen (secondary N) is 1. The summed E-state index contributed by atoms with van der Waals surface area (Å²) in [5.41, 5.74) is 6.03. The van der Waals surface area contributed by atoms with Crippen LogP contribution < -0.4 is 11.1 Å². The van der Waals surface area contributed by atoms with E-state index >= 15 is 0 Å². The smallest absolute Gasteiger partial charge is 0.242 e. The summed E-state index contributed by atoms with van der Waals surface area (Å²) in [4.78, 5) is 33.6. The van der Waals surface area contributed by atoms with Gasteiger partial charge in [0.25, 0.3) is 0 Å². The summed E-state index contributed by atoms with van der Waals surface area (Å²) in [5, 5.41) is 3.04. The minimum atomic E-state index is -0.811. The minimum Gasteiger partial charge on any atom is -0.350 e. The van der Waals surface area contributed by atoms with E-state index in [1.807, 2.05) is 23.1 Å². The molecule has 1 aromatic heterocycles. The van der Waals surface area contributed by atoms with E-state index in [1.54, 1.807) is 20.0 Å². The highest BCUT2D eigenvalue weighted by Gasteiger charge is 2.35. The van der Waals surface area contributed by atoms with Crippen molar-refractivity contribution >= 4 is 11.8 Å². The topological polar surface area (TPSA) is 91.6 Å². The molecule has 3 N–H and O–H groups in total. The second-order valence-electron chi connectivity index (χ2n) is 8.62. The van der Waals surface area contributed by atoms with Gasteiger partial charge in [-0.3, -0.25) is 19.5 Å². The second-order valence-corrected chi connectivity index (χ2v) is 8.62. The normalized spacial score (nSPS) is 22.1. The van der Waals surface area contributed by atoms with Crippen LogP contribution in [-0.2, 0) is 16.1 Å². The van der Waals surface area contributed by atoms with Gasteiger partial charge in [0, 0.05) is 31.9 Å². The number of pyridine rings is 1. The summed E-state index contributed by atoms with van der Waals surface area (Å²) < 4.78 is 0. The Labute approximate surface area is 167 Å². The molecule has 0 aliphatic carbocycles. The van der Waals surface area contributed by atoms with E-state index in [9.17, 15) is 9.59 Å². The van der Waals surface area contributed by atoms with Crippen LogP contribution in [0.25, 0.3) is 0 Å². The molecule has 1 atom stereocenters. The third-order valence-corrected chi connectivity index (χ3v) is 5.81. The average Bonchev–Trinajstić information content (AvgIpc) is 2.72. The largest absolute Gasteiger partial charge is 0.350 e. The Balaban J connectivity index is 1.47. The van der Waals surface area contributed by atoms with E-state index in [4.69, 9.17) is 5.73 Å². The van der Waals surface area contributed by atoms with Crippen LogP contribution in [-0.4, -0.2) is 64.4 Å². The SMILES string of the molecule is CC(C)(N)C(=O)N1CCC(N2CCCC(C(=O)NCc3ccccn3)C2)CC1. The van der Waals surface area contributed by atoms with E-state index in [1.165, 1.54) is 0 Å². The number of nitrogens with zero attached hydrogens (tertiary/aromatic N) is 3. The van der Waals surface area contributed by atoms with Gasteiger partial charge in [0.05, 0.1) is 23.7 Å². The van der Waals surface area contributed by atoms with Crippen molar-refractivity contribution in [3.05, 3.63) is 30.1 Å². The van der Waals surface area contributed by atoms with Gasteiger partial charge >= 0.3 is 0 Å². The molecule has 0 aromatic carbocycles. The molecule has 7 nitrogen and oxygen atoms in total. The molecule has 28 heavy (non-hydrogen) atoms. The highest BCUT2D eigenvalue weighted by atomic mass is 16.2. The summed E-state index contributed by atoms with van der Waals surface area (Å²) in [6, 6.07) is 6.17. The lowest BCUT2D eigenvalue weighted by molar-refractivity contribution is -0.137. The van der Waals surface area contributed by atoms with E-state index in [2.05, 4.69) is 15.2 Å². The molecular formula is C21H33N5O2. The first kappa shape index (κ1) is 20.7. The van der Waals surface area contributed by atoms with Crippen molar-refractivity contribution < 1.29 is 9.59 Å². The van der Waals surface area contributed by atoms with Gasteiger partial charge < -0.3 is 16.0 Å². The van der Waals surface area contributed by atoms with Crippen LogP contribution in [0.5, 0.6) is 0 Å². The first-order chi connectivity index (χ1) is 13.3. The summed E-state index contributed by atoms with van der Waals surface area (Å²) in [6.45, 7) is 7.33. The molecule has 3 heterocycles. The summed E-state index contributed by atoms with van der Waals surface area (Å²) in [7, 11) is 0. The third-order valence-electron chi connectivity index (χ3n) is 5.81. The Morgan fingerprint density at radius 2 is 1.96 bits per heavy atom. The quantitative estimate of drug-likeness (QED) is 0.790. The van der Waals surface area contributed by atoms with Crippen LogP contribution in [0.2, 0.25) is 0 Å².